The molecule has 0 radical (unpaired) electrons. The van der Waals surface area contributed by atoms with Crippen LogP contribution >= 0.6 is 23.2 Å². The summed E-state index contributed by atoms with van der Waals surface area (Å²) in [5.74, 6) is -1.28. The van der Waals surface area contributed by atoms with E-state index in [-0.39, 0.29) is 21.7 Å². The van der Waals surface area contributed by atoms with E-state index < -0.39 is 12.0 Å². The van der Waals surface area contributed by atoms with Crippen LogP contribution in [0.3, 0.4) is 0 Å². The van der Waals surface area contributed by atoms with Gasteiger partial charge in [-0.1, -0.05) is 29.3 Å². The van der Waals surface area contributed by atoms with Crippen LogP contribution in [-0.4, -0.2) is 17.0 Å². The number of halogens is 5. The second-order valence-corrected chi connectivity index (χ2v) is 4.72. The smallest absolute Gasteiger partial charge is 0.373 e. The molecule has 4 nitrogen and oxygen atoms in total. The summed E-state index contributed by atoms with van der Waals surface area (Å²) in [7, 11) is 1.46. The van der Waals surface area contributed by atoms with Gasteiger partial charge >= 0.3 is 6.18 Å². The van der Waals surface area contributed by atoms with E-state index in [0.717, 1.165) is 0 Å². The van der Waals surface area contributed by atoms with E-state index in [1.54, 1.807) is 18.2 Å². The first-order valence-corrected chi connectivity index (χ1v) is 6.42. The number of aromatic nitrogens is 2. The minimum absolute atomic E-state index is 0.0259. The van der Waals surface area contributed by atoms with Gasteiger partial charge in [-0.2, -0.15) is 13.2 Å². The fraction of sp³-hybridized carbons (Fsp3) is 0.167. The van der Waals surface area contributed by atoms with Crippen LogP contribution in [0.25, 0.3) is 0 Å². The molecule has 9 heteroatoms. The predicted octanol–water partition coefficient (Wildman–Crippen LogP) is 4.59. The first-order chi connectivity index (χ1) is 9.81. The quantitative estimate of drug-likeness (QED) is 0.860. The molecule has 21 heavy (non-hydrogen) atoms. The zero-order valence-corrected chi connectivity index (χ0v) is 12.1. The lowest BCUT2D eigenvalue weighted by Crippen LogP contribution is -2.13. The zero-order valence-electron chi connectivity index (χ0n) is 10.6. The molecule has 0 saturated heterocycles. The summed E-state index contributed by atoms with van der Waals surface area (Å²) in [6.07, 6.45) is -4.65. The molecular weight excluding hydrogens is 328 g/mol. The monoisotopic (exact) mass is 336 g/mol. The van der Waals surface area contributed by atoms with Crippen LogP contribution in [0.5, 0.6) is 0 Å². The molecule has 0 amide bonds. The minimum atomic E-state index is -4.65. The van der Waals surface area contributed by atoms with Crippen molar-refractivity contribution in [2.45, 2.75) is 6.18 Å². The van der Waals surface area contributed by atoms with Crippen molar-refractivity contribution in [1.29, 1.82) is 0 Å². The molecule has 0 unspecified atom stereocenters. The molecule has 2 aromatic rings. The summed E-state index contributed by atoms with van der Waals surface area (Å²) in [5.41, 5.74) is 0.345. The van der Waals surface area contributed by atoms with Gasteiger partial charge < -0.3 is 10.6 Å². The molecule has 0 aliphatic heterocycles. The van der Waals surface area contributed by atoms with Crippen molar-refractivity contribution in [3.63, 3.8) is 0 Å². The van der Waals surface area contributed by atoms with Crippen LogP contribution in [0.15, 0.2) is 24.3 Å². The molecule has 1 aromatic heterocycles. The molecule has 1 heterocycles. The van der Waals surface area contributed by atoms with E-state index in [2.05, 4.69) is 20.6 Å². The summed E-state index contributed by atoms with van der Waals surface area (Å²) in [6.45, 7) is 0. The maximum absolute atomic E-state index is 12.7. The Labute approximate surface area is 128 Å². The summed E-state index contributed by atoms with van der Waals surface area (Å²) in [6, 6.07) is 6.08. The third-order valence-electron chi connectivity index (χ3n) is 2.45. The summed E-state index contributed by atoms with van der Waals surface area (Å²) in [4.78, 5) is 6.79. The standard InChI is InChI=1S/C12H9Cl2F3N4/c1-18-8-5-9(21-11(20-8)12(15,16)17)19-7-4-2-3-6(13)10(7)14/h2-5H,1H3,(H2,18,19,20,21). The van der Waals surface area contributed by atoms with Gasteiger partial charge in [-0.05, 0) is 12.1 Å². The Morgan fingerprint density at radius 1 is 1.10 bits per heavy atom. The maximum Gasteiger partial charge on any atom is 0.451 e. The van der Waals surface area contributed by atoms with Crippen molar-refractivity contribution in [2.75, 3.05) is 17.7 Å². The molecule has 0 atom stereocenters. The van der Waals surface area contributed by atoms with Crippen LogP contribution in [-0.2, 0) is 6.18 Å². The van der Waals surface area contributed by atoms with Gasteiger partial charge in [0.15, 0.2) is 0 Å². The highest BCUT2D eigenvalue weighted by Crippen LogP contribution is 2.33. The number of nitrogens with zero attached hydrogens (tertiary/aromatic N) is 2. The van der Waals surface area contributed by atoms with Gasteiger partial charge in [0.05, 0.1) is 15.7 Å². The van der Waals surface area contributed by atoms with Gasteiger partial charge in [-0.3, -0.25) is 0 Å². The lowest BCUT2D eigenvalue weighted by molar-refractivity contribution is -0.144. The Bertz CT molecular complexity index is 661. The average molecular weight is 337 g/mol. The van der Waals surface area contributed by atoms with E-state index in [0.29, 0.717) is 5.69 Å². The van der Waals surface area contributed by atoms with E-state index in [9.17, 15) is 13.2 Å². The zero-order chi connectivity index (χ0) is 15.6. The molecule has 1 aromatic carbocycles. The van der Waals surface area contributed by atoms with Crippen LogP contribution in [0.4, 0.5) is 30.5 Å². The Balaban J connectivity index is 2.42. The predicted molar refractivity (Wildman–Crippen MR) is 76.3 cm³/mol. The van der Waals surface area contributed by atoms with Gasteiger partial charge in [-0.15, -0.1) is 0 Å². The summed E-state index contributed by atoms with van der Waals surface area (Å²) < 4.78 is 38.2. The van der Waals surface area contributed by atoms with E-state index >= 15 is 0 Å². The topological polar surface area (TPSA) is 49.8 Å². The van der Waals surface area contributed by atoms with Gasteiger partial charge in [0, 0.05) is 13.1 Å². The lowest BCUT2D eigenvalue weighted by Gasteiger charge is -2.12. The highest BCUT2D eigenvalue weighted by Gasteiger charge is 2.35. The Morgan fingerprint density at radius 2 is 1.76 bits per heavy atom. The fourth-order valence-electron chi connectivity index (χ4n) is 1.50. The Morgan fingerprint density at radius 3 is 2.38 bits per heavy atom. The fourth-order valence-corrected chi connectivity index (χ4v) is 1.85. The van der Waals surface area contributed by atoms with Crippen LogP contribution in [0.1, 0.15) is 5.82 Å². The van der Waals surface area contributed by atoms with Crippen molar-refractivity contribution in [3.05, 3.63) is 40.1 Å². The first-order valence-electron chi connectivity index (χ1n) is 5.66. The van der Waals surface area contributed by atoms with Crippen LogP contribution in [0.2, 0.25) is 10.0 Å². The third kappa shape index (κ3) is 3.68. The normalized spacial score (nSPS) is 11.3. The van der Waals surface area contributed by atoms with Crippen molar-refractivity contribution >= 4 is 40.5 Å². The second-order valence-electron chi connectivity index (χ2n) is 3.94. The lowest BCUT2D eigenvalue weighted by atomic mass is 10.3. The van der Waals surface area contributed by atoms with Gasteiger partial charge in [0.2, 0.25) is 5.82 Å². The highest BCUT2D eigenvalue weighted by molar-refractivity contribution is 6.43. The number of hydrogen-bond donors (Lipinski definition) is 2. The average Bonchev–Trinajstić information content (AvgIpc) is 2.42. The van der Waals surface area contributed by atoms with E-state index in [4.69, 9.17) is 23.2 Å². The molecule has 112 valence electrons. The van der Waals surface area contributed by atoms with E-state index in [1.807, 2.05) is 0 Å². The number of alkyl halides is 3. The molecule has 0 fully saturated rings. The van der Waals surface area contributed by atoms with Crippen LogP contribution < -0.4 is 10.6 Å². The van der Waals surface area contributed by atoms with Crippen molar-refractivity contribution in [2.24, 2.45) is 0 Å². The third-order valence-corrected chi connectivity index (χ3v) is 3.27. The second kappa shape index (κ2) is 5.95. The van der Waals surface area contributed by atoms with Gasteiger partial charge in [0.25, 0.3) is 0 Å². The largest absolute Gasteiger partial charge is 0.451 e. The molecule has 2 rings (SSSR count). The molecule has 0 bridgehead atoms. The van der Waals surface area contributed by atoms with Gasteiger partial charge in [0.1, 0.15) is 11.6 Å². The van der Waals surface area contributed by atoms with E-state index in [1.165, 1.54) is 13.1 Å². The number of nitrogens with one attached hydrogen (secondary N) is 2. The van der Waals surface area contributed by atoms with Crippen molar-refractivity contribution in [3.8, 4) is 0 Å². The number of hydrogen-bond acceptors (Lipinski definition) is 4. The maximum atomic E-state index is 12.7. The molecule has 2 N–H and O–H groups in total. The van der Waals surface area contributed by atoms with Crippen molar-refractivity contribution in [1.82, 2.24) is 9.97 Å². The molecule has 0 aliphatic rings. The molecule has 0 aliphatic carbocycles. The van der Waals surface area contributed by atoms with Gasteiger partial charge in [-0.25, -0.2) is 9.97 Å². The minimum Gasteiger partial charge on any atom is -0.373 e. The molecule has 0 spiro atoms. The first kappa shape index (κ1) is 15.7. The van der Waals surface area contributed by atoms with Crippen molar-refractivity contribution < 1.29 is 13.2 Å². The molecular formula is C12H9Cl2F3N4. The summed E-state index contributed by atoms with van der Waals surface area (Å²) in [5, 5.41) is 5.70. The number of anilines is 3. The van der Waals surface area contributed by atoms with Crippen LogP contribution in [0, 0.1) is 0 Å². The SMILES string of the molecule is CNc1cc(Nc2cccc(Cl)c2Cl)nc(C(F)(F)F)n1. The molecule has 0 saturated carbocycles. The number of rotatable bonds is 3. The Kier molecular flexibility index (Phi) is 4.43. The summed E-state index contributed by atoms with van der Waals surface area (Å²) >= 11 is 11.8. The number of benzene rings is 1. The Hall–Kier alpha value is -1.73. The highest BCUT2D eigenvalue weighted by atomic mass is 35.5.